The minimum absolute atomic E-state index is 0.895. The van der Waals surface area contributed by atoms with Gasteiger partial charge in [-0.2, -0.15) is 0 Å². The highest BCUT2D eigenvalue weighted by atomic mass is 16.3. The largest absolute Gasteiger partial charge is 0.456 e. The van der Waals surface area contributed by atoms with Crippen molar-refractivity contribution in [1.29, 1.82) is 0 Å². The van der Waals surface area contributed by atoms with Gasteiger partial charge in [0.1, 0.15) is 11.2 Å². The lowest BCUT2D eigenvalue weighted by molar-refractivity contribution is 0.669. The molecule has 0 radical (unpaired) electrons. The normalized spacial score (nSPS) is 12.4. The van der Waals surface area contributed by atoms with Crippen molar-refractivity contribution in [1.82, 2.24) is 9.13 Å². The molecule has 3 heterocycles. The number of hydrogen-bond acceptors (Lipinski definition) is 1. The number of rotatable bonds is 3. The predicted octanol–water partition coefficient (Wildman–Crippen LogP) is 14.2. The summed E-state index contributed by atoms with van der Waals surface area (Å²) >= 11 is 0. The molecule has 0 N–H and O–H groups in total. The van der Waals surface area contributed by atoms with Gasteiger partial charge in [-0.25, -0.2) is 0 Å². The van der Waals surface area contributed by atoms with E-state index >= 15 is 0 Å². The van der Waals surface area contributed by atoms with Crippen LogP contribution in [0.5, 0.6) is 0 Å². The van der Waals surface area contributed by atoms with Gasteiger partial charge in [0.25, 0.3) is 0 Å². The lowest BCUT2D eigenvalue weighted by atomic mass is 10.0. The molecule has 13 rings (SSSR count). The van der Waals surface area contributed by atoms with E-state index in [-0.39, 0.29) is 0 Å². The van der Waals surface area contributed by atoms with E-state index < -0.39 is 0 Å². The van der Waals surface area contributed by atoms with Crippen LogP contribution >= 0.6 is 0 Å². The monoisotopic (exact) mass is 698 g/mol. The first-order chi connectivity index (χ1) is 27.3. The quantitative estimate of drug-likeness (QED) is 0.180. The first kappa shape index (κ1) is 29.1. The number of hydrogen-bond donors (Lipinski definition) is 0. The molecule has 0 aliphatic heterocycles. The highest BCUT2D eigenvalue weighted by Gasteiger charge is 2.25. The Hall–Kier alpha value is -7.36. The van der Waals surface area contributed by atoms with E-state index in [9.17, 15) is 0 Å². The maximum absolute atomic E-state index is 6.51. The van der Waals surface area contributed by atoms with E-state index in [2.05, 4.69) is 185 Å². The Kier molecular flexibility index (Phi) is 5.63. The molecule has 0 fully saturated rings. The number of aromatic nitrogens is 2. The van der Waals surface area contributed by atoms with Gasteiger partial charge in [0.15, 0.2) is 0 Å². The third kappa shape index (κ3) is 3.89. The topological polar surface area (TPSA) is 23.0 Å². The van der Waals surface area contributed by atoms with Crippen molar-refractivity contribution in [3.8, 4) is 44.8 Å². The average Bonchev–Trinajstić information content (AvgIpc) is 3.97. The van der Waals surface area contributed by atoms with Gasteiger partial charge in [-0.3, -0.25) is 0 Å². The summed E-state index contributed by atoms with van der Waals surface area (Å²) in [5.74, 6) is 0. The maximum Gasteiger partial charge on any atom is 0.137 e. The summed E-state index contributed by atoms with van der Waals surface area (Å²) in [4.78, 5) is 0. The van der Waals surface area contributed by atoms with Gasteiger partial charge < -0.3 is 13.6 Å². The molecule has 0 amide bonds. The second-order valence-electron chi connectivity index (χ2n) is 14.9. The molecule has 55 heavy (non-hydrogen) atoms. The Morgan fingerprint density at radius 1 is 0.327 bits per heavy atom. The zero-order chi connectivity index (χ0) is 35.8. The Balaban J connectivity index is 1.13. The molecule has 3 heteroatoms. The van der Waals surface area contributed by atoms with E-state index in [1.807, 2.05) is 6.07 Å². The minimum atomic E-state index is 0.895. The van der Waals surface area contributed by atoms with E-state index in [1.165, 1.54) is 82.2 Å². The van der Waals surface area contributed by atoms with Crippen LogP contribution in [0, 0.1) is 0 Å². The molecular weight excluding hydrogens is 669 g/mol. The molecule has 0 saturated heterocycles. The average molecular weight is 699 g/mol. The molecule has 0 unspecified atom stereocenters. The van der Waals surface area contributed by atoms with Crippen LogP contribution in [0.15, 0.2) is 186 Å². The van der Waals surface area contributed by atoms with Gasteiger partial charge in [-0.05, 0) is 92.7 Å². The van der Waals surface area contributed by atoms with Crippen LogP contribution in [0.3, 0.4) is 0 Å². The van der Waals surface area contributed by atoms with Crippen molar-refractivity contribution in [2.75, 3.05) is 0 Å². The first-order valence-corrected chi connectivity index (χ1v) is 18.9. The number of nitrogens with zero attached hydrogens (tertiary/aromatic N) is 2. The van der Waals surface area contributed by atoms with Crippen LogP contribution in [-0.4, -0.2) is 9.13 Å². The lowest BCUT2D eigenvalue weighted by Crippen LogP contribution is -1.96. The molecule has 0 atom stereocenters. The fraction of sp³-hybridized carbons (Fsp3) is 0. The molecule has 3 nitrogen and oxygen atoms in total. The summed E-state index contributed by atoms with van der Waals surface area (Å²) in [6.45, 7) is 0. The third-order valence-corrected chi connectivity index (χ3v) is 12.0. The number of benzene rings is 9. The molecule has 254 valence electrons. The molecule has 3 aromatic heterocycles. The zero-order valence-corrected chi connectivity index (χ0v) is 29.6. The van der Waals surface area contributed by atoms with Crippen LogP contribution in [0.1, 0.15) is 0 Å². The fourth-order valence-electron chi connectivity index (χ4n) is 9.67. The summed E-state index contributed by atoms with van der Waals surface area (Å²) in [7, 11) is 0. The molecule has 1 aliphatic rings. The second kappa shape index (κ2) is 10.6. The smallest absolute Gasteiger partial charge is 0.137 e. The molecule has 0 saturated carbocycles. The Morgan fingerprint density at radius 2 is 1.05 bits per heavy atom. The van der Waals surface area contributed by atoms with Gasteiger partial charge in [-0.15, -0.1) is 0 Å². The molecule has 9 aromatic carbocycles. The van der Waals surface area contributed by atoms with E-state index in [0.29, 0.717) is 0 Å². The second-order valence-corrected chi connectivity index (χ2v) is 14.9. The van der Waals surface area contributed by atoms with Gasteiger partial charge in [0.2, 0.25) is 0 Å². The van der Waals surface area contributed by atoms with Gasteiger partial charge in [0.05, 0.1) is 22.1 Å². The van der Waals surface area contributed by atoms with Crippen molar-refractivity contribution in [3.05, 3.63) is 182 Å². The molecular formula is C52H30N2O. The Morgan fingerprint density at radius 3 is 1.91 bits per heavy atom. The first-order valence-electron chi connectivity index (χ1n) is 18.9. The Bertz CT molecular complexity index is 3570. The van der Waals surface area contributed by atoms with E-state index in [0.717, 1.165) is 38.8 Å². The highest BCUT2D eigenvalue weighted by Crippen LogP contribution is 2.49. The van der Waals surface area contributed by atoms with Crippen molar-refractivity contribution < 1.29 is 4.42 Å². The van der Waals surface area contributed by atoms with Crippen molar-refractivity contribution in [2.24, 2.45) is 0 Å². The van der Waals surface area contributed by atoms with Crippen molar-refractivity contribution in [2.45, 2.75) is 0 Å². The van der Waals surface area contributed by atoms with Crippen LogP contribution in [0.4, 0.5) is 0 Å². The maximum atomic E-state index is 6.51. The van der Waals surface area contributed by atoms with Crippen molar-refractivity contribution in [3.63, 3.8) is 0 Å². The summed E-state index contributed by atoms with van der Waals surface area (Å²) in [5.41, 5.74) is 16.4. The summed E-state index contributed by atoms with van der Waals surface area (Å²) in [5, 5.41) is 9.82. The third-order valence-electron chi connectivity index (χ3n) is 12.0. The van der Waals surface area contributed by atoms with Crippen LogP contribution in [-0.2, 0) is 0 Å². The zero-order valence-electron chi connectivity index (χ0n) is 29.6. The predicted molar refractivity (Wildman–Crippen MR) is 230 cm³/mol. The number of para-hydroxylation sites is 2. The van der Waals surface area contributed by atoms with Gasteiger partial charge in [-0.1, -0.05) is 127 Å². The van der Waals surface area contributed by atoms with Gasteiger partial charge in [0, 0.05) is 49.8 Å². The standard InChI is InChI=1S/C52H30N2O/c1-2-10-31(11-3-1)32-20-22-34(23-21-32)54-47-30-49-44(37-14-5-7-19-48(37)55-49)29-43(47)40-26-27-46-51(52(40)54)41-15-4-6-18-45(41)53(46)35-24-25-36-38-16-8-12-33-13-9-17-39(50(33)38)42(36)28-35/h1-30H. The van der Waals surface area contributed by atoms with E-state index in [4.69, 9.17) is 4.42 Å². The molecule has 0 bridgehead atoms. The van der Waals surface area contributed by atoms with Crippen LogP contribution in [0.2, 0.25) is 0 Å². The number of fused-ring (bicyclic) bond motifs is 13. The SMILES string of the molecule is c1ccc(-c2ccc(-n3c4cc5oc6ccccc6c5cc4c4ccc5c(c6ccccc6n5-c5ccc6c(c5)-c5cccc7cccc-6c57)c43)cc2)cc1. The van der Waals surface area contributed by atoms with Crippen molar-refractivity contribution >= 4 is 76.3 Å². The lowest BCUT2D eigenvalue weighted by Gasteiger charge is -2.12. The van der Waals surface area contributed by atoms with Crippen LogP contribution in [0.25, 0.3) is 121 Å². The fourth-order valence-corrected chi connectivity index (χ4v) is 9.67. The highest BCUT2D eigenvalue weighted by molar-refractivity contribution is 6.28. The summed E-state index contributed by atoms with van der Waals surface area (Å²) in [6.07, 6.45) is 0. The molecule has 12 aromatic rings. The van der Waals surface area contributed by atoms with Crippen LogP contribution < -0.4 is 0 Å². The van der Waals surface area contributed by atoms with E-state index in [1.54, 1.807) is 0 Å². The summed E-state index contributed by atoms with van der Waals surface area (Å²) < 4.78 is 11.4. The Labute approximate surface area is 315 Å². The number of furan rings is 1. The molecule has 1 aliphatic carbocycles. The summed E-state index contributed by atoms with van der Waals surface area (Å²) in [6, 6.07) is 66.5. The van der Waals surface area contributed by atoms with Gasteiger partial charge >= 0.3 is 0 Å². The molecule has 0 spiro atoms. The minimum Gasteiger partial charge on any atom is -0.456 e.